The Morgan fingerprint density at radius 2 is 0.444 bits per heavy atom. The Hall–Kier alpha value is -1.94. The lowest BCUT2D eigenvalue weighted by Gasteiger charge is -2.21. The minimum absolute atomic E-state index is 0.107. The summed E-state index contributed by atoms with van der Waals surface area (Å²) in [6, 6.07) is 0. The molecule has 0 fully saturated rings. The Balaban J connectivity index is 5.19. The fourth-order valence-corrected chi connectivity index (χ4v) is 12.4. The summed E-state index contributed by atoms with van der Waals surface area (Å²) in [7, 11) is -9.89. The van der Waals surface area contributed by atoms with Gasteiger partial charge < -0.3 is 33.8 Å². The molecule has 0 heterocycles. The van der Waals surface area contributed by atoms with E-state index in [9.17, 15) is 43.2 Å². The number of aliphatic hydroxyl groups excluding tert-OH is 1. The summed E-state index contributed by atoms with van der Waals surface area (Å²) in [4.78, 5) is 72.5. The molecule has 2 unspecified atom stereocenters. The molecule has 90 heavy (non-hydrogen) atoms. The maximum absolute atomic E-state index is 13.0. The van der Waals surface area contributed by atoms with Crippen LogP contribution in [0.3, 0.4) is 0 Å². The third-order valence-electron chi connectivity index (χ3n) is 16.6. The summed E-state index contributed by atoms with van der Waals surface area (Å²) in [5, 5.41) is 10.6. The lowest BCUT2D eigenvalue weighted by atomic mass is 10.0. The number of phosphoric ester groups is 2. The fraction of sp³-hybridized carbons (Fsp3) is 0.944. The van der Waals surface area contributed by atoms with Gasteiger partial charge in [-0.05, 0) is 25.7 Å². The Bertz CT molecular complexity index is 1720. The number of rotatable bonds is 72. The topological polar surface area (TPSA) is 237 Å². The van der Waals surface area contributed by atoms with Crippen LogP contribution in [0.1, 0.15) is 374 Å². The Labute approximate surface area is 549 Å². The van der Waals surface area contributed by atoms with Crippen LogP contribution in [0.4, 0.5) is 0 Å². The molecule has 0 aromatic rings. The van der Waals surface area contributed by atoms with Gasteiger partial charge in [0, 0.05) is 25.7 Å². The number of aliphatic hydroxyl groups is 1. The van der Waals surface area contributed by atoms with Gasteiger partial charge in [0.25, 0.3) is 0 Å². The summed E-state index contributed by atoms with van der Waals surface area (Å²) >= 11 is 0. The van der Waals surface area contributed by atoms with Crippen LogP contribution in [0.5, 0.6) is 0 Å². The van der Waals surface area contributed by atoms with E-state index in [2.05, 4.69) is 27.7 Å². The van der Waals surface area contributed by atoms with Crippen LogP contribution in [0, 0.1) is 0 Å². The molecule has 0 saturated heterocycles. The van der Waals surface area contributed by atoms with Crippen LogP contribution in [0.15, 0.2) is 0 Å². The van der Waals surface area contributed by atoms with Crippen LogP contribution in [-0.2, 0) is 65.4 Å². The van der Waals surface area contributed by atoms with Gasteiger partial charge in [0.2, 0.25) is 0 Å². The van der Waals surface area contributed by atoms with E-state index in [0.29, 0.717) is 25.7 Å². The Morgan fingerprint density at radius 1 is 0.267 bits per heavy atom. The maximum Gasteiger partial charge on any atom is 0.472 e. The first-order valence-corrected chi connectivity index (χ1v) is 40.3. The minimum Gasteiger partial charge on any atom is -0.462 e. The molecule has 0 aromatic carbocycles. The third kappa shape index (κ3) is 64.8. The predicted octanol–water partition coefficient (Wildman–Crippen LogP) is 20.7. The van der Waals surface area contributed by atoms with Crippen molar-refractivity contribution in [3.05, 3.63) is 0 Å². The SMILES string of the molecule is CCCCCCCCCCCCCCCCCCCCC(=O)O[C@H](COC(=O)CCCCCCCCCCCCCCCC)COP(=O)(O)OC[C@@H](O)COP(=O)(O)OC[C@@H](COC(=O)CCCCCCCCCC)OC(=O)CCCCCCCCCCCC. The second-order valence-corrected chi connectivity index (χ2v) is 28.5. The van der Waals surface area contributed by atoms with Crippen molar-refractivity contribution in [2.75, 3.05) is 39.6 Å². The van der Waals surface area contributed by atoms with E-state index in [1.165, 1.54) is 199 Å². The summed E-state index contributed by atoms with van der Waals surface area (Å²) in [5.41, 5.74) is 0. The normalized spacial score (nSPS) is 14.0. The molecule has 5 atom stereocenters. The van der Waals surface area contributed by atoms with E-state index in [1.54, 1.807) is 0 Å². The van der Waals surface area contributed by atoms with Crippen molar-refractivity contribution in [2.24, 2.45) is 0 Å². The van der Waals surface area contributed by atoms with Crippen molar-refractivity contribution in [2.45, 2.75) is 393 Å². The largest absolute Gasteiger partial charge is 0.472 e. The van der Waals surface area contributed by atoms with E-state index < -0.39 is 97.5 Å². The molecule has 0 rings (SSSR count). The summed E-state index contributed by atoms with van der Waals surface area (Å²) in [6.45, 7) is 4.92. The predicted molar refractivity (Wildman–Crippen MR) is 363 cm³/mol. The number of esters is 4. The lowest BCUT2D eigenvalue weighted by Crippen LogP contribution is -2.30. The summed E-state index contributed by atoms with van der Waals surface area (Å²) in [6.07, 6.45) is 54.1. The van der Waals surface area contributed by atoms with E-state index >= 15 is 0 Å². The first-order valence-electron chi connectivity index (χ1n) is 37.3. The van der Waals surface area contributed by atoms with Gasteiger partial charge in [-0.1, -0.05) is 323 Å². The maximum atomic E-state index is 13.0. The number of unbranched alkanes of at least 4 members (excludes halogenated alkanes) is 46. The van der Waals surface area contributed by atoms with Crippen molar-refractivity contribution in [3.63, 3.8) is 0 Å². The molecule has 0 aromatic heterocycles. The molecule has 0 aliphatic heterocycles. The second kappa shape index (κ2) is 65.7. The molecule has 0 amide bonds. The average molecular weight is 1330 g/mol. The molecule has 0 bridgehead atoms. The number of carbonyl (C=O) groups excluding carboxylic acids is 4. The zero-order valence-electron chi connectivity index (χ0n) is 58.1. The first-order chi connectivity index (χ1) is 43.7. The number of carbonyl (C=O) groups is 4. The highest BCUT2D eigenvalue weighted by Gasteiger charge is 2.30. The van der Waals surface area contributed by atoms with Gasteiger partial charge in [-0.15, -0.1) is 0 Å². The smallest absolute Gasteiger partial charge is 0.462 e. The minimum atomic E-state index is -4.95. The highest BCUT2D eigenvalue weighted by Crippen LogP contribution is 2.45. The van der Waals surface area contributed by atoms with Gasteiger partial charge in [0.05, 0.1) is 26.4 Å². The fourth-order valence-electron chi connectivity index (χ4n) is 10.9. The van der Waals surface area contributed by atoms with E-state index in [1.807, 2.05) is 0 Å². The molecular formula is C71H138O17P2. The molecule has 3 N–H and O–H groups in total. The van der Waals surface area contributed by atoms with E-state index in [4.69, 9.17) is 37.0 Å². The van der Waals surface area contributed by atoms with Gasteiger partial charge in [0.1, 0.15) is 19.3 Å². The zero-order valence-corrected chi connectivity index (χ0v) is 59.9. The van der Waals surface area contributed by atoms with Crippen LogP contribution >= 0.6 is 15.6 Å². The van der Waals surface area contributed by atoms with Gasteiger partial charge >= 0.3 is 39.5 Å². The van der Waals surface area contributed by atoms with E-state index in [-0.39, 0.29) is 25.7 Å². The van der Waals surface area contributed by atoms with Crippen molar-refractivity contribution >= 4 is 39.5 Å². The molecule has 534 valence electrons. The summed E-state index contributed by atoms with van der Waals surface area (Å²) in [5.74, 6) is -2.12. The Morgan fingerprint density at radius 3 is 0.656 bits per heavy atom. The van der Waals surface area contributed by atoms with Crippen LogP contribution in [0.2, 0.25) is 0 Å². The zero-order chi connectivity index (χ0) is 66.1. The molecular weight excluding hydrogens is 1190 g/mol. The van der Waals surface area contributed by atoms with E-state index in [0.717, 1.165) is 96.3 Å². The second-order valence-electron chi connectivity index (χ2n) is 25.6. The quantitative estimate of drug-likeness (QED) is 0.0222. The number of phosphoric acid groups is 2. The molecule has 0 spiro atoms. The van der Waals surface area contributed by atoms with Crippen molar-refractivity contribution in [3.8, 4) is 0 Å². The van der Waals surface area contributed by atoms with Crippen molar-refractivity contribution in [1.29, 1.82) is 0 Å². The molecule has 0 aliphatic carbocycles. The first kappa shape index (κ1) is 88.1. The number of hydrogen-bond donors (Lipinski definition) is 3. The molecule has 0 radical (unpaired) electrons. The monoisotopic (exact) mass is 1320 g/mol. The highest BCUT2D eigenvalue weighted by molar-refractivity contribution is 7.47. The molecule has 0 aliphatic rings. The lowest BCUT2D eigenvalue weighted by molar-refractivity contribution is -0.161. The van der Waals surface area contributed by atoms with Crippen molar-refractivity contribution in [1.82, 2.24) is 0 Å². The highest BCUT2D eigenvalue weighted by atomic mass is 31.2. The number of hydrogen-bond acceptors (Lipinski definition) is 15. The van der Waals surface area contributed by atoms with Gasteiger partial charge in [-0.2, -0.15) is 0 Å². The average Bonchev–Trinajstić information content (AvgIpc) is 2.79. The van der Waals surface area contributed by atoms with Crippen molar-refractivity contribution < 1.29 is 80.2 Å². The van der Waals surface area contributed by atoms with Crippen LogP contribution in [0.25, 0.3) is 0 Å². The number of ether oxygens (including phenoxy) is 4. The molecule has 0 saturated carbocycles. The van der Waals surface area contributed by atoms with Crippen LogP contribution < -0.4 is 0 Å². The summed E-state index contributed by atoms with van der Waals surface area (Å²) < 4.78 is 68.2. The Kier molecular flexibility index (Phi) is 64.3. The molecule has 19 heteroatoms. The van der Waals surface area contributed by atoms with Gasteiger partial charge in [-0.25, -0.2) is 9.13 Å². The van der Waals surface area contributed by atoms with Gasteiger partial charge in [0.15, 0.2) is 12.2 Å². The third-order valence-corrected chi connectivity index (χ3v) is 18.5. The molecule has 17 nitrogen and oxygen atoms in total. The van der Waals surface area contributed by atoms with Gasteiger partial charge in [-0.3, -0.25) is 37.3 Å². The standard InChI is InChI=1S/C71H138O17P2/c1-5-9-13-17-21-25-28-30-32-33-34-35-37-39-42-46-50-54-58-71(76)88-67(62-82-69(74)56-52-48-44-41-38-36-31-29-26-22-18-14-10-6-2)64-86-90(79,80)84-60-65(72)59-83-89(77,78)85-63-66(61-81-68(73)55-51-47-43-24-20-16-12-8-4)87-70(75)57-53-49-45-40-27-23-19-15-11-7-3/h65-67,72H,5-64H2,1-4H3,(H,77,78)(H,79,80)/t65-,66+,67+/m0/s1. The van der Waals surface area contributed by atoms with Crippen LogP contribution in [-0.4, -0.2) is 96.7 Å².